The maximum Gasteiger partial charge on any atom is 0.260 e. The van der Waals surface area contributed by atoms with Crippen molar-refractivity contribution in [3.63, 3.8) is 0 Å². The van der Waals surface area contributed by atoms with Crippen LogP contribution < -0.4 is 10.1 Å². The Morgan fingerprint density at radius 1 is 1.13 bits per heavy atom. The third-order valence-electron chi connectivity index (χ3n) is 5.21. The predicted molar refractivity (Wildman–Crippen MR) is 119 cm³/mol. The van der Waals surface area contributed by atoms with Gasteiger partial charge in [0.1, 0.15) is 18.4 Å². The highest BCUT2D eigenvalue weighted by Gasteiger charge is 2.28. The first-order chi connectivity index (χ1) is 15.1. The molecule has 0 bridgehead atoms. The van der Waals surface area contributed by atoms with Crippen molar-refractivity contribution in [1.29, 1.82) is 0 Å². The summed E-state index contributed by atoms with van der Waals surface area (Å²) < 4.78 is 8.01. The Labute approximate surface area is 188 Å². The van der Waals surface area contributed by atoms with Crippen molar-refractivity contribution >= 4 is 33.4 Å². The normalized spacial score (nSPS) is 14.3. The molecule has 1 aliphatic heterocycles. The highest BCUT2D eigenvalue weighted by molar-refractivity contribution is 9.10. The summed E-state index contributed by atoms with van der Waals surface area (Å²) in [5.74, 6) is 0.374. The molecule has 1 aromatic heterocycles. The van der Waals surface area contributed by atoms with Crippen molar-refractivity contribution in [3.8, 4) is 11.4 Å². The zero-order chi connectivity index (χ0) is 21.6. The molecule has 0 aliphatic carbocycles. The van der Waals surface area contributed by atoms with Gasteiger partial charge in [-0.15, -0.1) is 0 Å². The number of aromatic nitrogens is 3. The number of benzene rings is 2. The van der Waals surface area contributed by atoms with Gasteiger partial charge in [-0.2, -0.15) is 5.10 Å². The van der Waals surface area contributed by atoms with Crippen LogP contribution in [-0.2, 0) is 9.59 Å². The van der Waals surface area contributed by atoms with Gasteiger partial charge in [0.25, 0.3) is 5.91 Å². The predicted octanol–water partition coefficient (Wildman–Crippen LogP) is 3.29. The Morgan fingerprint density at radius 2 is 1.90 bits per heavy atom. The molecule has 1 N–H and O–H groups in total. The molecule has 8 nitrogen and oxygen atoms in total. The molecule has 0 atom stereocenters. The van der Waals surface area contributed by atoms with Gasteiger partial charge in [0.2, 0.25) is 5.91 Å². The summed E-state index contributed by atoms with van der Waals surface area (Å²) in [4.78, 5) is 31.0. The highest BCUT2D eigenvalue weighted by atomic mass is 79.9. The van der Waals surface area contributed by atoms with Crippen LogP contribution in [0.3, 0.4) is 0 Å². The topological polar surface area (TPSA) is 89.4 Å². The number of likely N-dealkylation sites (tertiary alicyclic amines) is 1. The molecule has 160 valence electrons. The van der Waals surface area contributed by atoms with Gasteiger partial charge in [0.15, 0.2) is 6.61 Å². The average Bonchev–Trinajstić information content (AvgIpc) is 3.33. The molecule has 31 heavy (non-hydrogen) atoms. The monoisotopic (exact) mass is 483 g/mol. The van der Waals surface area contributed by atoms with E-state index in [0.717, 1.165) is 10.2 Å². The molecule has 4 rings (SSSR count). The lowest BCUT2D eigenvalue weighted by atomic mass is 9.95. The van der Waals surface area contributed by atoms with E-state index in [1.807, 2.05) is 48.5 Å². The first kappa shape index (κ1) is 21.0. The zero-order valence-electron chi connectivity index (χ0n) is 16.8. The van der Waals surface area contributed by atoms with Crippen LogP contribution in [0.2, 0.25) is 0 Å². The molecule has 0 spiro atoms. The Bertz CT molecular complexity index is 1030. The molecular weight excluding hydrogens is 462 g/mol. The average molecular weight is 484 g/mol. The molecular formula is C22H22BrN5O3. The lowest BCUT2D eigenvalue weighted by Crippen LogP contribution is -2.43. The van der Waals surface area contributed by atoms with Crippen molar-refractivity contribution in [2.45, 2.75) is 12.8 Å². The second-order valence-electron chi connectivity index (χ2n) is 7.25. The number of carbonyl (C=O) groups is 2. The van der Waals surface area contributed by atoms with Gasteiger partial charge in [-0.25, -0.2) is 9.67 Å². The van der Waals surface area contributed by atoms with Crippen LogP contribution >= 0.6 is 15.9 Å². The molecule has 0 saturated carbocycles. The van der Waals surface area contributed by atoms with Crippen molar-refractivity contribution in [1.82, 2.24) is 19.7 Å². The number of hydrogen-bond acceptors (Lipinski definition) is 5. The number of carbonyl (C=O) groups excluding carboxylic acids is 2. The quantitative estimate of drug-likeness (QED) is 0.580. The lowest BCUT2D eigenvalue weighted by molar-refractivity contribution is -0.136. The summed E-state index contributed by atoms with van der Waals surface area (Å²) in [6.45, 7) is 1.06. The van der Waals surface area contributed by atoms with E-state index in [-0.39, 0.29) is 24.3 Å². The minimum Gasteiger partial charge on any atom is -0.484 e. The first-order valence-corrected chi connectivity index (χ1v) is 10.8. The number of anilines is 1. The number of para-hydroxylation sites is 1. The smallest absolute Gasteiger partial charge is 0.260 e. The van der Waals surface area contributed by atoms with Gasteiger partial charge in [-0.3, -0.25) is 9.59 Å². The first-order valence-electron chi connectivity index (χ1n) is 10.0. The van der Waals surface area contributed by atoms with Crippen LogP contribution in [0.15, 0.2) is 65.7 Å². The van der Waals surface area contributed by atoms with E-state index in [4.69, 9.17) is 4.74 Å². The highest BCUT2D eigenvalue weighted by Crippen LogP contribution is 2.26. The molecule has 2 aromatic carbocycles. The molecule has 0 radical (unpaired) electrons. The van der Waals surface area contributed by atoms with E-state index < -0.39 is 0 Å². The van der Waals surface area contributed by atoms with E-state index in [0.29, 0.717) is 37.4 Å². The summed E-state index contributed by atoms with van der Waals surface area (Å²) in [6.07, 6.45) is 4.24. The number of halogens is 1. The fourth-order valence-electron chi connectivity index (χ4n) is 3.52. The summed E-state index contributed by atoms with van der Waals surface area (Å²) in [7, 11) is 0. The summed E-state index contributed by atoms with van der Waals surface area (Å²) >= 11 is 3.45. The molecule has 2 heterocycles. The summed E-state index contributed by atoms with van der Waals surface area (Å²) in [5.41, 5.74) is 1.39. The van der Waals surface area contributed by atoms with Gasteiger partial charge in [-0.1, -0.05) is 34.1 Å². The third kappa shape index (κ3) is 5.29. The number of piperidine rings is 1. The number of amides is 2. The van der Waals surface area contributed by atoms with Crippen LogP contribution in [0.5, 0.6) is 5.75 Å². The van der Waals surface area contributed by atoms with E-state index >= 15 is 0 Å². The molecule has 3 aromatic rings. The Balaban J connectivity index is 1.32. The van der Waals surface area contributed by atoms with Crippen LogP contribution in [0.1, 0.15) is 12.8 Å². The van der Waals surface area contributed by atoms with E-state index in [2.05, 4.69) is 31.3 Å². The minimum absolute atomic E-state index is 0.000183. The van der Waals surface area contributed by atoms with Crippen LogP contribution in [0.4, 0.5) is 5.69 Å². The number of nitrogens with zero attached hydrogens (tertiary/aromatic N) is 4. The molecule has 0 unspecified atom stereocenters. The Morgan fingerprint density at radius 3 is 2.61 bits per heavy atom. The lowest BCUT2D eigenvalue weighted by Gasteiger charge is -2.31. The van der Waals surface area contributed by atoms with E-state index in [9.17, 15) is 9.59 Å². The molecule has 1 saturated heterocycles. The second kappa shape index (κ2) is 9.74. The third-order valence-corrected chi connectivity index (χ3v) is 5.70. The van der Waals surface area contributed by atoms with Crippen molar-refractivity contribution in [2.24, 2.45) is 5.92 Å². The maximum absolute atomic E-state index is 12.9. The van der Waals surface area contributed by atoms with Gasteiger partial charge in [0, 0.05) is 23.5 Å². The Hall–Kier alpha value is -3.20. The fraction of sp³-hybridized carbons (Fsp3) is 0.273. The second-order valence-corrected chi connectivity index (χ2v) is 8.16. The van der Waals surface area contributed by atoms with Gasteiger partial charge in [-0.05, 0) is 43.2 Å². The standard InChI is InChI=1S/C22H22BrN5O3/c23-17-6-7-20(28-15-24-14-25-28)19(12-17)26-22(30)16-8-10-27(11-9-16)21(29)13-31-18-4-2-1-3-5-18/h1-7,12,14-16H,8-11,13H2,(H,26,30). The van der Waals surface area contributed by atoms with Crippen LogP contribution in [0.25, 0.3) is 5.69 Å². The molecule has 2 amide bonds. The Kier molecular flexibility index (Phi) is 6.61. The van der Waals surface area contributed by atoms with Gasteiger partial charge in [0.05, 0.1) is 11.4 Å². The number of nitrogens with one attached hydrogen (secondary N) is 1. The number of hydrogen-bond donors (Lipinski definition) is 1. The number of ether oxygens (including phenoxy) is 1. The molecule has 9 heteroatoms. The van der Waals surface area contributed by atoms with Crippen molar-refractivity contribution in [2.75, 3.05) is 25.0 Å². The van der Waals surface area contributed by atoms with Crippen LogP contribution in [0, 0.1) is 5.92 Å². The maximum atomic E-state index is 12.9. The van der Waals surface area contributed by atoms with Gasteiger partial charge >= 0.3 is 0 Å². The largest absolute Gasteiger partial charge is 0.484 e. The SMILES string of the molecule is O=C(Nc1cc(Br)ccc1-n1cncn1)C1CCN(C(=O)COc2ccccc2)CC1. The minimum atomic E-state index is -0.165. The number of rotatable bonds is 6. The van der Waals surface area contributed by atoms with Crippen molar-refractivity contribution < 1.29 is 14.3 Å². The van der Waals surface area contributed by atoms with Gasteiger partial charge < -0.3 is 15.0 Å². The summed E-state index contributed by atoms with van der Waals surface area (Å²) in [6, 6.07) is 14.9. The zero-order valence-corrected chi connectivity index (χ0v) is 18.4. The van der Waals surface area contributed by atoms with E-state index in [1.54, 1.807) is 15.9 Å². The van der Waals surface area contributed by atoms with E-state index in [1.165, 1.54) is 6.33 Å². The molecule has 1 fully saturated rings. The molecule has 1 aliphatic rings. The van der Waals surface area contributed by atoms with Crippen molar-refractivity contribution in [3.05, 3.63) is 65.7 Å². The van der Waals surface area contributed by atoms with Crippen LogP contribution in [-0.4, -0.2) is 51.2 Å². The fourth-order valence-corrected chi connectivity index (χ4v) is 3.88. The summed E-state index contributed by atoms with van der Waals surface area (Å²) in [5, 5.41) is 7.16.